The van der Waals surface area contributed by atoms with Crippen LogP contribution in [0.15, 0.2) is 21.7 Å². The lowest BCUT2D eigenvalue weighted by molar-refractivity contribution is -0.121. The van der Waals surface area contributed by atoms with E-state index in [0.29, 0.717) is 10.0 Å². The molecule has 22 heavy (non-hydrogen) atoms. The number of tetrazole rings is 1. The van der Waals surface area contributed by atoms with E-state index in [2.05, 4.69) is 42.0 Å². The number of nitrogens with two attached hydrogens (primary N) is 1. The Morgan fingerprint density at radius 3 is 3.05 bits per heavy atom. The fraction of sp³-hybridized carbons (Fsp3) is 0.182. The van der Waals surface area contributed by atoms with Gasteiger partial charge in [0.1, 0.15) is 6.54 Å². The SMILES string of the molecule is COc1cc(/C=N/NC(=O)Cn2nnnc2N)cc(Br)c1O. The van der Waals surface area contributed by atoms with Crippen molar-refractivity contribution in [3.05, 3.63) is 22.2 Å². The number of hydrogen-bond donors (Lipinski definition) is 3. The summed E-state index contributed by atoms with van der Waals surface area (Å²) in [7, 11) is 1.43. The highest BCUT2D eigenvalue weighted by atomic mass is 79.9. The number of aromatic nitrogens is 4. The third-order valence-corrected chi connectivity index (χ3v) is 3.13. The Balaban J connectivity index is 1.99. The van der Waals surface area contributed by atoms with Crippen molar-refractivity contribution in [1.82, 2.24) is 25.6 Å². The van der Waals surface area contributed by atoms with Gasteiger partial charge in [-0.05, 0) is 44.1 Å². The number of nitrogens with zero attached hydrogens (tertiary/aromatic N) is 5. The summed E-state index contributed by atoms with van der Waals surface area (Å²) in [5.74, 6) is -0.146. The number of carbonyl (C=O) groups is 1. The molecule has 0 aliphatic carbocycles. The number of phenolic OH excluding ortho intramolecular Hbond substituents is 1. The number of halogens is 1. The molecular formula is C11H12BrN7O3. The van der Waals surface area contributed by atoms with Gasteiger partial charge in [-0.25, -0.2) is 10.1 Å². The molecule has 0 saturated carbocycles. The molecular weight excluding hydrogens is 358 g/mol. The molecule has 0 unspecified atom stereocenters. The van der Waals surface area contributed by atoms with Crippen molar-refractivity contribution < 1.29 is 14.6 Å². The predicted molar refractivity (Wildman–Crippen MR) is 80.3 cm³/mol. The van der Waals surface area contributed by atoms with Crippen molar-refractivity contribution in [2.45, 2.75) is 6.54 Å². The van der Waals surface area contributed by atoms with Gasteiger partial charge in [0.2, 0.25) is 5.95 Å². The minimum absolute atomic E-state index is 0.0159. The van der Waals surface area contributed by atoms with Crippen LogP contribution in [0.4, 0.5) is 5.95 Å². The van der Waals surface area contributed by atoms with E-state index in [-0.39, 0.29) is 24.0 Å². The van der Waals surface area contributed by atoms with Gasteiger partial charge < -0.3 is 15.6 Å². The Labute approximate surface area is 133 Å². The molecule has 0 aliphatic rings. The van der Waals surface area contributed by atoms with Crippen LogP contribution in [0.25, 0.3) is 0 Å². The van der Waals surface area contributed by atoms with Gasteiger partial charge >= 0.3 is 0 Å². The van der Waals surface area contributed by atoms with E-state index in [1.165, 1.54) is 13.3 Å². The van der Waals surface area contributed by atoms with Crippen molar-refractivity contribution in [1.29, 1.82) is 0 Å². The predicted octanol–water partition coefficient (Wildman–Crippen LogP) is -0.118. The van der Waals surface area contributed by atoms with Crippen LogP contribution < -0.4 is 15.9 Å². The van der Waals surface area contributed by atoms with Gasteiger partial charge in [0.15, 0.2) is 11.5 Å². The van der Waals surface area contributed by atoms with Crippen molar-refractivity contribution in [3.63, 3.8) is 0 Å². The maximum Gasteiger partial charge on any atom is 0.261 e. The molecule has 1 heterocycles. The summed E-state index contributed by atoms with van der Waals surface area (Å²) < 4.78 is 6.58. The molecule has 0 atom stereocenters. The van der Waals surface area contributed by atoms with E-state index in [9.17, 15) is 9.90 Å². The van der Waals surface area contributed by atoms with Gasteiger partial charge in [0, 0.05) is 0 Å². The molecule has 0 bridgehead atoms. The number of anilines is 1. The average molecular weight is 370 g/mol. The van der Waals surface area contributed by atoms with E-state index in [0.717, 1.165) is 4.68 Å². The summed E-state index contributed by atoms with van der Waals surface area (Å²) in [4.78, 5) is 11.6. The number of nitrogen functional groups attached to an aromatic ring is 1. The number of nitrogens with one attached hydrogen (secondary N) is 1. The molecule has 0 saturated heterocycles. The van der Waals surface area contributed by atoms with Crippen molar-refractivity contribution in [2.75, 3.05) is 12.8 Å². The van der Waals surface area contributed by atoms with Gasteiger partial charge in [0.05, 0.1) is 17.8 Å². The Hall–Kier alpha value is -2.69. The zero-order valence-electron chi connectivity index (χ0n) is 11.4. The fourth-order valence-electron chi connectivity index (χ4n) is 1.50. The third kappa shape index (κ3) is 3.69. The molecule has 10 nitrogen and oxygen atoms in total. The standard InChI is InChI=1S/C11H12BrN7O3/c1-22-8-3-6(2-7(12)10(8)21)4-14-15-9(20)5-19-11(13)16-17-18-19/h2-4,21H,5H2,1H3,(H,15,20)(H2,13,16,18)/b14-4+. The van der Waals surface area contributed by atoms with Crippen molar-refractivity contribution in [3.8, 4) is 11.5 Å². The maximum absolute atomic E-state index is 11.6. The van der Waals surface area contributed by atoms with Crippen LogP contribution >= 0.6 is 15.9 Å². The number of carbonyl (C=O) groups excluding carboxylic acids is 1. The van der Waals surface area contributed by atoms with Crippen LogP contribution in [0.1, 0.15) is 5.56 Å². The first-order valence-corrected chi connectivity index (χ1v) is 6.70. The monoisotopic (exact) mass is 369 g/mol. The summed E-state index contributed by atoms with van der Waals surface area (Å²) in [6.45, 7) is -0.154. The smallest absolute Gasteiger partial charge is 0.261 e. The molecule has 11 heteroatoms. The second kappa shape index (κ2) is 6.85. The number of aromatic hydroxyl groups is 1. The largest absolute Gasteiger partial charge is 0.503 e. The Morgan fingerprint density at radius 1 is 1.64 bits per heavy atom. The number of hydrogen-bond acceptors (Lipinski definition) is 8. The Bertz CT molecular complexity index is 716. The number of rotatable bonds is 5. The minimum Gasteiger partial charge on any atom is -0.503 e. The van der Waals surface area contributed by atoms with Crippen LogP contribution in [0, 0.1) is 0 Å². The van der Waals surface area contributed by atoms with Crippen LogP contribution in [-0.2, 0) is 11.3 Å². The molecule has 0 aliphatic heterocycles. The lowest BCUT2D eigenvalue weighted by Crippen LogP contribution is -2.24. The topological polar surface area (TPSA) is 141 Å². The molecule has 1 aromatic carbocycles. The zero-order valence-corrected chi connectivity index (χ0v) is 13.0. The van der Waals surface area contributed by atoms with Crippen molar-refractivity contribution in [2.24, 2.45) is 5.10 Å². The summed E-state index contributed by atoms with van der Waals surface area (Å²) in [6, 6.07) is 3.18. The van der Waals surface area contributed by atoms with Crippen LogP contribution in [0.3, 0.4) is 0 Å². The second-order valence-electron chi connectivity index (χ2n) is 4.04. The molecule has 0 fully saturated rings. The first-order valence-electron chi connectivity index (χ1n) is 5.91. The maximum atomic E-state index is 11.6. The molecule has 0 radical (unpaired) electrons. The lowest BCUT2D eigenvalue weighted by atomic mass is 10.2. The Kier molecular flexibility index (Phi) is 4.88. The quantitative estimate of drug-likeness (QED) is 0.492. The molecule has 4 N–H and O–H groups in total. The van der Waals surface area contributed by atoms with Gasteiger partial charge in [0.25, 0.3) is 5.91 Å². The van der Waals surface area contributed by atoms with E-state index in [4.69, 9.17) is 10.5 Å². The number of phenols is 1. The number of ether oxygens (including phenoxy) is 1. The van der Waals surface area contributed by atoms with E-state index < -0.39 is 5.91 Å². The van der Waals surface area contributed by atoms with Crippen LogP contribution in [-0.4, -0.2) is 44.5 Å². The highest BCUT2D eigenvalue weighted by molar-refractivity contribution is 9.10. The molecule has 1 aromatic heterocycles. The van der Waals surface area contributed by atoms with Crippen molar-refractivity contribution >= 4 is 34.0 Å². The Morgan fingerprint density at radius 2 is 2.41 bits per heavy atom. The van der Waals surface area contributed by atoms with Gasteiger partial charge in [-0.1, -0.05) is 5.10 Å². The lowest BCUT2D eigenvalue weighted by Gasteiger charge is -2.06. The highest BCUT2D eigenvalue weighted by Gasteiger charge is 2.08. The zero-order chi connectivity index (χ0) is 16.1. The molecule has 2 rings (SSSR count). The summed E-state index contributed by atoms with van der Waals surface area (Å²) in [6.07, 6.45) is 1.40. The number of methoxy groups -OCH3 is 1. The first kappa shape index (κ1) is 15.7. The first-order chi connectivity index (χ1) is 10.5. The van der Waals surface area contributed by atoms with E-state index in [1.54, 1.807) is 12.1 Å². The summed E-state index contributed by atoms with van der Waals surface area (Å²) >= 11 is 3.19. The molecule has 1 amide bonds. The minimum atomic E-state index is -0.444. The van der Waals surface area contributed by atoms with E-state index >= 15 is 0 Å². The third-order valence-electron chi connectivity index (χ3n) is 2.53. The van der Waals surface area contributed by atoms with Crippen LogP contribution in [0.2, 0.25) is 0 Å². The van der Waals surface area contributed by atoms with Gasteiger partial charge in [-0.15, -0.1) is 0 Å². The number of amides is 1. The number of benzene rings is 1. The second-order valence-corrected chi connectivity index (χ2v) is 4.90. The van der Waals surface area contributed by atoms with Gasteiger partial charge in [-0.3, -0.25) is 4.79 Å². The molecule has 2 aromatic rings. The summed E-state index contributed by atoms with van der Waals surface area (Å²) in [5.41, 5.74) is 8.36. The molecule has 116 valence electrons. The fourth-order valence-corrected chi connectivity index (χ4v) is 1.96. The molecule has 0 spiro atoms. The average Bonchev–Trinajstić information content (AvgIpc) is 2.87. The number of hydrazone groups is 1. The highest BCUT2D eigenvalue weighted by Crippen LogP contribution is 2.34. The van der Waals surface area contributed by atoms with Gasteiger partial charge in [-0.2, -0.15) is 5.10 Å². The summed E-state index contributed by atoms with van der Waals surface area (Å²) in [5, 5.41) is 23.8. The van der Waals surface area contributed by atoms with E-state index in [1.807, 2.05) is 0 Å². The normalized spacial score (nSPS) is 10.8. The van der Waals surface area contributed by atoms with Crippen LogP contribution in [0.5, 0.6) is 11.5 Å².